The van der Waals surface area contributed by atoms with E-state index in [1.807, 2.05) is 0 Å². The van der Waals surface area contributed by atoms with Crippen molar-refractivity contribution in [1.29, 1.82) is 0 Å². The first-order chi connectivity index (χ1) is 12.8. The van der Waals surface area contributed by atoms with Crippen LogP contribution in [-0.2, 0) is 14.4 Å². The second-order valence-electron chi connectivity index (χ2n) is 6.19. The topological polar surface area (TPSA) is 160 Å². The predicted molar refractivity (Wildman–Crippen MR) is 92.8 cm³/mol. The summed E-state index contributed by atoms with van der Waals surface area (Å²) < 4.78 is 1.44. The van der Waals surface area contributed by atoms with Crippen molar-refractivity contribution in [1.82, 2.24) is 0 Å². The lowest BCUT2D eigenvalue weighted by Gasteiger charge is -2.23. The van der Waals surface area contributed by atoms with Gasteiger partial charge >= 0.3 is 11.9 Å². The SMILES string of the molecule is O=C(O)CCC(=O)Nc1cc2cc(O)c(O)cc2[n+]2c1NCC[C@H]2C(=O)O. The average molecular weight is 376 g/mol. The monoisotopic (exact) mass is 376 g/mol. The van der Waals surface area contributed by atoms with Crippen LogP contribution in [0.1, 0.15) is 25.3 Å². The standard InChI is InChI=1S/C17H17N3O7/c21-12-6-8-5-9(19-14(23)1-2-15(24)25)16-18-4-3-10(17(26)27)20(16)11(8)7-13(12)22/h5-7,10H,1-4H2,(H5,18,19,21,22,23,24,25,26,27)/p+1/t10-/m0/s1. The van der Waals surface area contributed by atoms with Crippen LogP contribution in [-0.4, -0.2) is 44.8 Å². The number of fused-ring (bicyclic) bond motifs is 3. The van der Waals surface area contributed by atoms with Gasteiger partial charge in [-0.15, -0.1) is 0 Å². The molecule has 1 aliphatic heterocycles. The fourth-order valence-electron chi connectivity index (χ4n) is 3.10. The van der Waals surface area contributed by atoms with Gasteiger partial charge in [0, 0.05) is 24.3 Å². The van der Waals surface area contributed by atoms with Crippen molar-refractivity contribution in [2.45, 2.75) is 25.3 Å². The normalized spacial score (nSPS) is 15.6. The molecule has 0 fully saturated rings. The number of hydrogen-bond donors (Lipinski definition) is 6. The number of phenolic OH excluding ortho intramolecular Hbond substituents is 2. The van der Waals surface area contributed by atoms with E-state index in [0.29, 0.717) is 23.3 Å². The van der Waals surface area contributed by atoms with Gasteiger partial charge in [-0.3, -0.25) is 14.9 Å². The minimum absolute atomic E-state index is 0.240. The number of carboxylic acid groups (broad SMARTS) is 2. The van der Waals surface area contributed by atoms with Crippen LogP contribution in [0.25, 0.3) is 10.9 Å². The Kier molecular flexibility index (Phi) is 4.72. The van der Waals surface area contributed by atoms with E-state index in [2.05, 4.69) is 10.6 Å². The zero-order valence-electron chi connectivity index (χ0n) is 14.1. The van der Waals surface area contributed by atoms with Gasteiger partial charge in [-0.2, -0.15) is 0 Å². The Hall–Kier alpha value is -3.56. The highest BCUT2D eigenvalue weighted by Crippen LogP contribution is 2.34. The lowest BCUT2D eigenvalue weighted by atomic mass is 10.1. The number of aliphatic carboxylic acids is 2. The number of nitrogens with zero attached hydrogens (tertiary/aromatic N) is 1. The van der Waals surface area contributed by atoms with Gasteiger partial charge in [-0.05, 0) is 12.1 Å². The van der Waals surface area contributed by atoms with Crippen LogP contribution in [0.5, 0.6) is 11.5 Å². The maximum Gasteiger partial charge on any atom is 0.349 e. The second-order valence-corrected chi connectivity index (χ2v) is 6.19. The Balaban J connectivity index is 2.14. The average Bonchev–Trinajstić information content (AvgIpc) is 2.61. The number of carbonyl (C=O) groups is 3. The van der Waals surface area contributed by atoms with Crippen LogP contribution in [0.15, 0.2) is 18.2 Å². The maximum atomic E-state index is 12.1. The first-order valence-corrected chi connectivity index (χ1v) is 8.20. The van der Waals surface area contributed by atoms with Crippen LogP contribution < -0.4 is 15.2 Å². The van der Waals surface area contributed by atoms with Crippen LogP contribution in [0.4, 0.5) is 11.5 Å². The molecule has 1 aliphatic rings. The summed E-state index contributed by atoms with van der Waals surface area (Å²) in [6.07, 6.45) is -0.301. The van der Waals surface area contributed by atoms with Gasteiger partial charge < -0.3 is 25.7 Å². The molecule has 142 valence electrons. The van der Waals surface area contributed by atoms with Crippen molar-refractivity contribution >= 4 is 40.3 Å². The predicted octanol–water partition coefficient (Wildman–Crippen LogP) is 0.783. The van der Waals surface area contributed by atoms with Crippen molar-refractivity contribution in [2.75, 3.05) is 17.2 Å². The van der Waals surface area contributed by atoms with Gasteiger partial charge in [0.25, 0.3) is 5.82 Å². The third-order valence-corrected chi connectivity index (χ3v) is 4.33. The summed E-state index contributed by atoms with van der Waals surface area (Å²) in [4.78, 5) is 34.4. The van der Waals surface area contributed by atoms with Crippen molar-refractivity contribution in [2.24, 2.45) is 0 Å². The van der Waals surface area contributed by atoms with Crippen molar-refractivity contribution in [3.05, 3.63) is 18.2 Å². The number of phenols is 2. The van der Waals surface area contributed by atoms with E-state index in [0.717, 1.165) is 0 Å². The van der Waals surface area contributed by atoms with Crippen LogP contribution in [0, 0.1) is 0 Å². The molecule has 10 heteroatoms. The molecule has 1 aromatic carbocycles. The van der Waals surface area contributed by atoms with E-state index in [1.54, 1.807) is 0 Å². The highest BCUT2D eigenvalue weighted by molar-refractivity contribution is 5.97. The highest BCUT2D eigenvalue weighted by atomic mass is 16.4. The third kappa shape index (κ3) is 3.54. The molecule has 10 nitrogen and oxygen atoms in total. The second kappa shape index (κ2) is 6.98. The molecule has 1 amide bonds. The molecule has 0 spiro atoms. The van der Waals surface area contributed by atoms with Gasteiger partial charge in [0.15, 0.2) is 11.5 Å². The molecule has 2 aromatic rings. The molecule has 1 atom stereocenters. The summed E-state index contributed by atoms with van der Waals surface area (Å²) in [7, 11) is 0. The zero-order valence-corrected chi connectivity index (χ0v) is 14.1. The van der Waals surface area contributed by atoms with E-state index in [4.69, 9.17) is 5.11 Å². The van der Waals surface area contributed by atoms with Crippen molar-refractivity contribution in [3.8, 4) is 11.5 Å². The summed E-state index contributed by atoms with van der Waals surface area (Å²) in [5, 5.41) is 43.9. The number of aromatic hydroxyl groups is 2. The fourth-order valence-corrected chi connectivity index (χ4v) is 3.10. The molecule has 0 radical (unpaired) electrons. The van der Waals surface area contributed by atoms with Gasteiger partial charge in [-0.25, -0.2) is 9.36 Å². The maximum absolute atomic E-state index is 12.1. The Labute approximate surface area is 152 Å². The zero-order chi connectivity index (χ0) is 19.7. The number of carbonyl (C=O) groups excluding carboxylic acids is 1. The van der Waals surface area contributed by atoms with Crippen LogP contribution >= 0.6 is 0 Å². The number of rotatable bonds is 5. The molecule has 0 aliphatic carbocycles. The summed E-state index contributed by atoms with van der Waals surface area (Å²) >= 11 is 0. The Bertz CT molecular complexity index is 957. The number of pyridine rings is 1. The molecule has 27 heavy (non-hydrogen) atoms. The molecule has 3 rings (SSSR count). The lowest BCUT2D eigenvalue weighted by Crippen LogP contribution is -2.51. The van der Waals surface area contributed by atoms with Gasteiger partial charge in [0.05, 0.1) is 13.0 Å². The van der Waals surface area contributed by atoms with Gasteiger partial charge in [0.1, 0.15) is 11.2 Å². The number of amides is 1. The third-order valence-electron chi connectivity index (χ3n) is 4.33. The summed E-state index contributed by atoms with van der Waals surface area (Å²) in [6.45, 7) is 0.352. The van der Waals surface area contributed by atoms with Crippen LogP contribution in [0.3, 0.4) is 0 Å². The van der Waals surface area contributed by atoms with E-state index < -0.39 is 29.6 Å². The van der Waals surface area contributed by atoms with E-state index in [-0.39, 0.29) is 30.7 Å². The largest absolute Gasteiger partial charge is 0.504 e. The van der Waals surface area contributed by atoms with Crippen molar-refractivity contribution in [3.63, 3.8) is 0 Å². The first kappa shape index (κ1) is 18.2. The quantitative estimate of drug-likeness (QED) is 0.330. The minimum Gasteiger partial charge on any atom is -0.504 e. The van der Waals surface area contributed by atoms with E-state index in [1.165, 1.54) is 22.8 Å². The van der Waals surface area contributed by atoms with Gasteiger partial charge in [0.2, 0.25) is 11.9 Å². The van der Waals surface area contributed by atoms with Gasteiger partial charge in [-0.1, -0.05) is 0 Å². The Morgan fingerprint density at radius 3 is 2.48 bits per heavy atom. The Morgan fingerprint density at radius 2 is 1.81 bits per heavy atom. The van der Waals surface area contributed by atoms with E-state index >= 15 is 0 Å². The fraction of sp³-hybridized carbons (Fsp3) is 0.294. The number of hydrogen-bond acceptors (Lipinski definition) is 6. The number of carboxylic acids is 2. The molecule has 0 bridgehead atoms. The van der Waals surface area contributed by atoms with Crippen LogP contribution in [0.2, 0.25) is 0 Å². The van der Waals surface area contributed by atoms with E-state index in [9.17, 15) is 29.7 Å². The first-order valence-electron chi connectivity index (χ1n) is 8.20. The summed E-state index contributed by atoms with van der Waals surface area (Å²) in [6, 6.07) is 3.10. The highest BCUT2D eigenvalue weighted by Gasteiger charge is 2.36. The number of nitrogens with one attached hydrogen (secondary N) is 2. The molecule has 0 saturated carbocycles. The van der Waals surface area contributed by atoms with Crippen molar-refractivity contribution < 1.29 is 39.4 Å². The Morgan fingerprint density at radius 1 is 1.11 bits per heavy atom. The molecule has 0 unspecified atom stereocenters. The minimum atomic E-state index is -1.11. The number of anilines is 2. The number of benzene rings is 1. The lowest BCUT2D eigenvalue weighted by molar-refractivity contribution is -0.675. The number of aromatic nitrogens is 1. The molecule has 2 heterocycles. The summed E-state index contributed by atoms with van der Waals surface area (Å²) in [5.41, 5.74) is 0.623. The molecule has 6 N–H and O–H groups in total. The smallest absolute Gasteiger partial charge is 0.349 e. The molecular weight excluding hydrogens is 358 g/mol. The summed E-state index contributed by atoms with van der Waals surface area (Å²) in [5.74, 6) is -3.18. The molecule has 1 aromatic heterocycles. The molecule has 0 saturated heterocycles. The molecular formula is C17H18N3O7+.